The second-order valence-electron chi connectivity index (χ2n) is 5.40. The van der Waals surface area contributed by atoms with Gasteiger partial charge in [-0.15, -0.1) is 0 Å². The van der Waals surface area contributed by atoms with Crippen molar-refractivity contribution in [2.24, 2.45) is 5.92 Å². The highest BCUT2D eigenvalue weighted by atomic mass is 35.5. The van der Waals surface area contributed by atoms with Crippen molar-refractivity contribution in [2.45, 2.75) is 26.7 Å². The highest BCUT2D eigenvalue weighted by Crippen LogP contribution is 2.25. The van der Waals surface area contributed by atoms with Gasteiger partial charge in [-0.1, -0.05) is 11.6 Å². The van der Waals surface area contributed by atoms with Crippen LogP contribution in [0.4, 0.5) is 0 Å². The number of aryl methyl sites for hydroxylation is 2. The molecule has 1 aromatic carbocycles. The summed E-state index contributed by atoms with van der Waals surface area (Å²) in [4.78, 5) is 11.9. The summed E-state index contributed by atoms with van der Waals surface area (Å²) >= 11 is 6.12. The van der Waals surface area contributed by atoms with E-state index in [0.717, 1.165) is 34.7 Å². The lowest BCUT2D eigenvalue weighted by atomic mass is 9.99. The number of halogens is 1. The molecule has 1 N–H and O–H groups in total. The minimum Gasteiger partial charge on any atom is -0.492 e. The van der Waals surface area contributed by atoms with Crippen LogP contribution in [0, 0.1) is 19.8 Å². The number of hydrogen-bond donors (Lipinski definition) is 1. The number of carbonyl (C=O) groups excluding carboxylic acids is 1. The molecule has 4 nitrogen and oxygen atoms in total. The zero-order valence-corrected chi connectivity index (χ0v) is 13.3. The fourth-order valence-corrected chi connectivity index (χ4v) is 2.55. The van der Waals surface area contributed by atoms with E-state index in [0.29, 0.717) is 26.4 Å². The summed E-state index contributed by atoms with van der Waals surface area (Å²) in [5, 5.41) is 3.69. The molecule has 0 aromatic heterocycles. The standard InChI is InChI=1S/C16H22ClNO3/c1-11-9-14(10-12(2)15(11)17)21-8-5-18-16(19)13-3-6-20-7-4-13/h9-10,13H,3-8H2,1-2H3,(H,18,19). The van der Waals surface area contributed by atoms with Crippen LogP contribution in [0.2, 0.25) is 5.02 Å². The Labute approximate surface area is 130 Å². The molecule has 0 spiro atoms. The molecule has 1 aromatic rings. The van der Waals surface area contributed by atoms with Crippen LogP contribution in [-0.2, 0) is 9.53 Å². The molecular weight excluding hydrogens is 290 g/mol. The van der Waals surface area contributed by atoms with Crippen LogP contribution in [0.25, 0.3) is 0 Å². The first-order chi connectivity index (χ1) is 10.1. The predicted molar refractivity (Wildman–Crippen MR) is 83.0 cm³/mol. The summed E-state index contributed by atoms with van der Waals surface area (Å²) in [6.07, 6.45) is 1.62. The number of ether oxygens (including phenoxy) is 2. The molecule has 0 atom stereocenters. The lowest BCUT2D eigenvalue weighted by molar-refractivity contribution is -0.127. The van der Waals surface area contributed by atoms with Crippen LogP contribution in [-0.4, -0.2) is 32.3 Å². The molecular formula is C16H22ClNO3. The Morgan fingerprint density at radius 3 is 2.57 bits per heavy atom. The van der Waals surface area contributed by atoms with Crippen molar-refractivity contribution in [1.29, 1.82) is 0 Å². The molecule has 1 aliphatic heterocycles. The molecule has 2 rings (SSSR count). The van der Waals surface area contributed by atoms with Crippen molar-refractivity contribution in [1.82, 2.24) is 5.32 Å². The Kier molecular flexibility index (Phi) is 5.88. The average molecular weight is 312 g/mol. The summed E-state index contributed by atoms with van der Waals surface area (Å²) < 4.78 is 10.9. The highest BCUT2D eigenvalue weighted by Gasteiger charge is 2.20. The summed E-state index contributed by atoms with van der Waals surface area (Å²) in [7, 11) is 0. The quantitative estimate of drug-likeness (QED) is 0.851. The van der Waals surface area contributed by atoms with Crippen molar-refractivity contribution < 1.29 is 14.3 Å². The van der Waals surface area contributed by atoms with Gasteiger partial charge >= 0.3 is 0 Å². The van der Waals surface area contributed by atoms with Gasteiger partial charge in [0.05, 0.1) is 6.54 Å². The molecule has 1 aliphatic rings. The second-order valence-corrected chi connectivity index (χ2v) is 5.78. The van der Waals surface area contributed by atoms with Crippen molar-refractivity contribution in [3.05, 3.63) is 28.3 Å². The zero-order chi connectivity index (χ0) is 15.2. The van der Waals surface area contributed by atoms with Gasteiger partial charge in [0, 0.05) is 24.2 Å². The van der Waals surface area contributed by atoms with Gasteiger partial charge in [0.25, 0.3) is 0 Å². The Morgan fingerprint density at radius 2 is 1.95 bits per heavy atom. The smallest absolute Gasteiger partial charge is 0.223 e. The van der Waals surface area contributed by atoms with Gasteiger partial charge in [-0.25, -0.2) is 0 Å². The minimum atomic E-state index is 0.0822. The van der Waals surface area contributed by atoms with Gasteiger partial charge in [0.1, 0.15) is 12.4 Å². The molecule has 5 heteroatoms. The topological polar surface area (TPSA) is 47.6 Å². The third-order valence-corrected chi connectivity index (χ3v) is 4.27. The number of amides is 1. The number of hydrogen-bond acceptors (Lipinski definition) is 3. The van der Waals surface area contributed by atoms with Crippen LogP contribution >= 0.6 is 11.6 Å². The van der Waals surface area contributed by atoms with Gasteiger partial charge in [-0.3, -0.25) is 4.79 Å². The fourth-order valence-electron chi connectivity index (χ4n) is 2.44. The van der Waals surface area contributed by atoms with Crippen LogP contribution < -0.4 is 10.1 Å². The van der Waals surface area contributed by atoms with Crippen LogP contribution in [0.3, 0.4) is 0 Å². The fraction of sp³-hybridized carbons (Fsp3) is 0.562. The maximum atomic E-state index is 11.9. The van der Waals surface area contributed by atoms with E-state index in [9.17, 15) is 4.79 Å². The van der Waals surface area contributed by atoms with E-state index in [4.69, 9.17) is 21.1 Å². The minimum absolute atomic E-state index is 0.0822. The summed E-state index contributed by atoms with van der Waals surface area (Å²) in [5.41, 5.74) is 2.00. The number of carbonyl (C=O) groups is 1. The molecule has 0 aliphatic carbocycles. The molecule has 1 amide bonds. The van der Waals surface area contributed by atoms with Crippen molar-refractivity contribution >= 4 is 17.5 Å². The van der Waals surface area contributed by atoms with E-state index in [-0.39, 0.29) is 11.8 Å². The maximum absolute atomic E-state index is 11.9. The molecule has 0 bridgehead atoms. The van der Waals surface area contributed by atoms with E-state index >= 15 is 0 Å². The third-order valence-electron chi connectivity index (χ3n) is 3.67. The zero-order valence-electron chi connectivity index (χ0n) is 12.6. The van der Waals surface area contributed by atoms with Crippen LogP contribution in [0.5, 0.6) is 5.75 Å². The summed E-state index contributed by atoms with van der Waals surface area (Å²) in [6, 6.07) is 3.82. The van der Waals surface area contributed by atoms with Crippen molar-refractivity contribution in [2.75, 3.05) is 26.4 Å². The number of rotatable bonds is 5. The molecule has 1 heterocycles. The molecule has 1 fully saturated rings. The predicted octanol–water partition coefficient (Wildman–Crippen LogP) is 2.88. The Bertz CT molecular complexity index is 475. The molecule has 0 unspecified atom stereocenters. The van der Waals surface area contributed by atoms with Gasteiger partial charge in [0.15, 0.2) is 0 Å². The number of nitrogens with one attached hydrogen (secondary N) is 1. The Balaban J connectivity index is 1.73. The van der Waals surface area contributed by atoms with Gasteiger partial charge < -0.3 is 14.8 Å². The molecule has 0 radical (unpaired) electrons. The van der Waals surface area contributed by atoms with Crippen molar-refractivity contribution in [3.63, 3.8) is 0 Å². The van der Waals surface area contributed by atoms with Crippen LogP contribution in [0.15, 0.2) is 12.1 Å². The summed E-state index contributed by atoms with van der Waals surface area (Å²) in [5.74, 6) is 0.971. The maximum Gasteiger partial charge on any atom is 0.223 e. The molecule has 116 valence electrons. The largest absolute Gasteiger partial charge is 0.492 e. The summed E-state index contributed by atoms with van der Waals surface area (Å²) in [6.45, 7) is 6.23. The third kappa shape index (κ3) is 4.61. The number of benzene rings is 1. The lowest BCUT2D eigenvalue weighted by Crippen LogP contribution is -2.36. The normalized spacial score (nSPS) is 15.8. The van der Waals surface area contributed by atoms with Gasteiger partial charge in [0.2, 0.25) is 5.91 Å². The molecule has 1 saturated heterocycles. The highest BCUT2D eigenvalue weighted by molar-refractivity contribution is 6.32. The molecule has 0 saturated carbocycles. The Morgan fingerprint density at radius 1 is 1.33 bits per heavy atom. The first kappa shape index (κ1) is 16.1. The SMILES string of the molecule is Cc1cc(OCCNC(=O)C2CCOCC2)cc(C)c1Cl. The second kappa shape index (κ2) is 7.66. The van der Waals surface area contributed by atoms with E-state index in [2.05, 4.69) is 5.32 Å². The van der Waals surface area contributed by atoms with Crippen molar-refractivity contribution in [3.8, 4) is 5.75 Å². The van der Waals surface area contributed by atoms with E-state index in [1.807, 2.05) is 26.0 Å². The first-order valence-electron chi connectivity index (χ1n) is 7.33. The average Bonchev–Trinajstić information content (AvgIpc) is 2.49. The monoisotopic (exact) mass is 311 g/mol. The molecule has 21 heavy (non-hydrogen) atoms. The first-order valence-corrected chi connectivity index (χ1v) is 7.70. The Hall–Kier alpha value is -1.26. The van der Waals surface area contributed by atoms with E-state index in [1.165, 1.54) is 0 Å². The van der Waals surface area contributed by atoms with Gasteiger partial charge in [-0.2, -0.15) is 0 Å². The van der Waals surface area contributed by atoms with E-state index in [1.54, 1.807) is 0 Å². The van der Waals surface area contributed by atoms with Crippen LogP contribution in [0.1, 0.15) is 24.0 Å². The van der Waals surface area contributed by atoms with Gasteiger partial charge in [-0.05, 0) is 49.9 Å². The lowest BCUT2D eigenvalue weighted by Gasteiger charge is -2.21. The van der Waals surface area contributed by atoms with E-state index < -0.39 is 0 Å².